The first-order valence-corrected chi connectivity index (χ1v) is 8.55. The Morgan fingerprint density at radius 3 is 2.65 bits per heavy atom. The van der Waals surface area contributed by atoms with E-state index in [1.807, 2.05) is 37.3 Å². The lowest BCUT2D eigenvalue weighted by atomic mass is 10.1. The zero-order chi connectivity index (χ0) is 16.3. The minimum atomic E-state index is -3.62. The number of benzene rings is 1. The fourth-order valence-corrected chi connectivity index (χ4v) is 3.06. The molecule has 0 atom stereocenters. The number of pyridine rings is 1. The van der Waals surface area contributed by atoms with E-state index in [0.29, 0.717) is 5.82 Å². The highest BCUT2D eigenvalue weighted by Gasteiger charge is 2.17. The molecule has 6 nitrogen and oxygen atoms in total. The van der Waals surface area contributed by atoms with Gasteiger partial charge in [-0.15, -0.1) is 0 Å². The van der Waals surface area contributed by atoms with Crippen LogP contribution >= 0.6 is 0 Å². The van der Waals surface area contributed by atoms with Crippen LogP contribution in [-0.4, -0.2) is 23.2 Å². The molecule has 0 bridgehead atoms. The van der Waals surface area contributed by atoms with Gasteiger partial charge in [0.1, 0.15) is 4.90 Å². The molecule has 0 saturated carbocycles. The molecule has 2 aromatic heterocycles. The zero-order valence-electron chi connectivity index (χ0n) is 12.5. The van der Waals surface area contributed by atoms with Crippen molar-refractivity contribution in [1.29, 1.82) is 0 Å². The number of hydrogen-bond acceptors (Lipinski definition) is 4. The third kappa shape index (κ3) is 3.46. The number of nitrogens with zero attached hydrogens (tertiary/aromatic N) is 3. The lowest BCUT2D eigenvalue weighted by Gasteiger charge is -2.07. The zero-order valence-corrected chi connectivity index (χ0v) is 13.4. The topological polar surface area (TPSA) is 76.9 Å². The summed E-state index contributed by atoms with van der Waals surface area (Å²) in [5.74, 6) is 0.563. The third-order valence-corrected chi connectivity index (χ3v) is 4.82. The number of sulfonamides is 1. The van der Waals surface area contributed by atoms with E-state index in [-0.39, 0.29) is 11.4 Å². The Kier molecular flexibility index (Phi) is 4.22. The molecule has 7 heteroatoms. The minimum absolute atomic E-state index is 0.108. The lowest BCUT2D eigenvalue weighted by molar-refractivity contribution is 0.581. The van der Waals surface area contributed by atoms with Gasteiger partial charge in [-0.1, -0.05) is 30.3 Å². The van der Waals surface area contributed by atoms with E-state index < -0.39 is 10.0 Å². The van der Waals surface area contributed by atoms with Crippen molar-refractivity contribution in [3.05, 3.63) is 72.2 Å². The van der Waals surface area contributed by atoms with Crippen molar-refractivity contribution in [2.24, 2.45) is 0 Å². The average Bonchev–Trinajstić information content (AvgIpc) is 3.06. The molecule has 0 radical (unpaired) electrons. The van der Waals surface area contributed by atoms with Crippen LogP contribution < -0.4 is 4.72 Å². The van der Waals surface area contributed by atoms with Crippen LogP contribution in [0.3, 0.4) is 0 Å². The van der Waals surface area contributed by atoms with Gasteiger partial charge in [0.15, 0.2) is 5.82 Å². The van der Waals surface area contributed by atoms with Crippen LogP contribution in [0.1, 0.15) is 11.1 Å². The second kappa shape index (κ2) is 6.31. The number of aryl methyl sites for hydroxylation is 1. The molecule has 0 aliphatic carbocycles. The van der Waals surface area contributed by atoms with E-state index in [1.54, 1.807) is 18.3 Å². The van der Waals surface area contributed by atoms with E-state index in [1.165, 1.54) is 17.1 Å². The molecule has 0 saturated heterocycles. The number of nitrogens with one attached hydrogen (secondary N) is 1. The molecule has 1 aromatic carbocycles. The van der Waals surface area contributed by atoms with Gasteiger partial charge in [-0.3, -0.25) is 0 Å². The number of rotatable bonds is 5. The highest BCUT2D eigenvalue weighted by atomic mass is 32.2. The first-order chi connectivity index (χ1) is 11.1. The second-order valence-electron chi connectivity index (χ2n) is 5.06. The van der Waals surface area contributed by atoms with Crippen LogP contribution in [0.25, 0.3) is 5.82 Å². The molecule has 23 heavy (non-hydrogen) atoms. The van der Waals surface area contributed by atoms with E-state index >= 15 is 0 Å². The van der Waals surface area contributed by atoms with Gasteiger partial charge in [-0.05, 0) is 30.2 Å². The molecule has 0 fully saturated rings. The predicted molar refractivity (Wildman–Crippen MR) is 86.6 cm³/mol. The largest absolute Gasteiger partial charge is 0.244 e. The summed E-state index contributed by atoms with van der Waals surface area (Å²) >= 11 is 0. The molecular formula is C16H16N4O2S. The quantitative estimate of drug-likeness (QED) is 0.778. The van der Waals surface area contributed by atoms with Crippen LogP contribution in [0.15, 0.2) is 66.0 Å². The number of hydrogen-bond donors (Lipinski definition) is 1. The highest BCUT2D eigenvalue weighted by molar-refractivity contribution is 7.89. The Morgan fingerprint density at radius 1 is 1.13 bits per heavy atom. The maximum Gasteiger partial charge on any atom is 0.244 e. The predicted octanol–water partition coefficient (Wildman–Crippen LogP) is 2.05. The molecule has 0 spiro atoms. The first kappa shape index (κ1) is 15.4. The molecule has 2 heterocycles. The Bertz CT molecular complexity index is 905. The maximum atomic E-state index is 12.4. The van der Waals surface area contributed by atoms with Crippen molar-refractivity contribution in [3.8, 4) is 5.82 Å². The van der Waals surface area contributed by atoms with E-state index in [9.17, 15) is 8.42 Å². The Morgan fingerprint density at radius 2 is 1.91 bits per heavy atom. The van der Waals surface area contributed by atoms with Gasteiger partial charge >= 0.3 is 0 Å². The van der Waals surface area contributed by atoms with E-state index in [2.05, 4.69) is 14.8 Å². The Labute approximate surface area is 134 Å². The van der Waals surface area contributed by atoms with Crippen LogP contribution in [0.5, 0.6) is 0 Å². The van der Waals surface area contributed by atoms with E-state index in [4.69, 9.17) is 0 Å². The van der Waals surface area contributed by atoms with Crippen molar-refractivity contribution in [3.63, 3.8) is 0 Å². The standard InChI is InChI=1S/C16H16N4O2S/c1-13-6-2-3-7-14(13)10-19-23(21,22)15-11-18-20(12-15)16-8-4-5-9-17-16/h2-9,11-12,19H,10H2,1H3. The second-order valence-corrected chi connectivity index (χ2v) is 6.83. The molecule has 0 unspecified atom stereocenters. The minimum Gasteiger partial charge on any atom is -0.237 e. The smallest absolute Gasteiger partial charge is 0.237 e. The van der Waals surface area contributed by atoms with Gasteiger partial charge in [-0.2, -0.15) is 5.10 Å². The molecule has 118 valence electrons. The summed E-state index contributed by atoms with van der Waals surface area (Å²) in [6, 6.07) is 13.0. The summed E-state index contributed by atoms with van der Waals surface area (Å²) in [6.07, 6.45) is 4.39. The molecule has 1 N–H and O–H groups in total. The summed E-state index contributed by atoms with van der Waals surface area (Å²) in [4.78, 5) is 4.24. The molecular weight excluding hydrogens is 312 g/mol. The van der Waals surface area contributed by atoms with Crippen molar-refractivity contribution in [2.75, 3.05) is 0 Å². The van der Waals surface area contributed by atoms with Crippen LogP contribution in [0.2, 0.25) is 0 Å². The maximum absolute atomic E-state index is 12.4. The SMILES string of the molecule is Cc1ccccc1CNS(=O)(=O)c1cnn(-c2ccccn2)c1. The van der Waals surface area contributed by atoms with Gasteiger partial charge < -0.3 is 0 Å². The van der Waals surface area contributed by atoms with Crippen molar-refractivity contribution in [1.82, 2.24) is 19.5 Å². The van der Waals surface area contributed by atoms with Gasteiger partial charge in [0.2, 0.25) is 10.0 Å². The molecule has 3 aromatic rings. The van der Waals surface area contributed by atoms with Gasteiger partial charge in [0.05, 0.1) is 12.4 Å². The molecule has 0 aliphatic rings. The highest BCUT2D eigenvalue weighted by Crippen LogP contribution is 2.12. The van der Waals surface area contributed by atoms with Crippen molar-refractivity contribution < 1.29 is 8.42 Å². The average molecular weight is 328 g/mol. The molecule has 0 amide bonds. The van der Waals surface area contributed by atoms with Crippen molar-refractivity contribution in [2.45, 2.75) is 18.4 Å². The first-order valence-electron chi connectivity index (χ1n) is 7.06. The van der Waals surface area contributed by atoms with Gasteiger partial charge in [-0.25, -0.2) is 22.8 Å². The van der Waals surface area contributed by atoms with E-state index in [0.717, 1.165) is 11.1 Å². The Hall–Kier alpha value is -2.51. The van der Waals surface area contributed by atoms with Crippen LogP contribution in [-0.2, 0) is 16.6 Å². The lowest BCUT2D eigenvalue weighted by Crippen LogP contribution is -2.23. The number of aromatic nitrogens is 3. The molecule has 3 rings (SSSR count). The van der Waals surface area contributed by atoms with Crippen LogP contribution in [0.4, 0.5) is 0 Å². The monoisotopic (exact) mass is 328 g/mol. The van der Waals surface area contributed by atoms with Gasteiger partial charge in [0, 0.05) is 12.7 Å². The Balaban J connectivity index is 1.78. The summed E-state index contributed by atoms with van der Waals surface area (Å²) in [6.45, 7) is 2.19. The summed E-state index contributed by atoms with van der Waals surface area (Å²) < 4.78 is 28.8. The fourth-order valence-electron chi connectivity index (χ4n) is 2.12. The summed E-state index contributed by atoms with van der Waals surface area (Å²) in [5, 5.41) is 4.06. The van der Waals surface area contributed by atoms with Gasteiger partial charge in [0.25, 0.3) is 0 Å². The van der Waals surface area contributed by atoms with Crippen LogP contribution in [0, 0.1) is 6.92 Å². The third-order valence-electron chi connectivity index (χ3n) is 3.47. The summed E-state index contributed by atoms with van der Waals surface area (Å²) in [7, 11) is -3.62. The van der Waals surface area contributed by atoms with Crippen molar-refractivity contribution >= 4 is 10.0 Å². The fraction of sp³-hybridized carbons (Fsp3) is 0.125. The molecule has 0 aliphatic heterocycles. The normalized spacial score (nSPS) is 11.5. The summed E-state index contributed by atoms with van der Waals surface area (Å²) in [5.41, 5.74) is 1.98.